The van der Waals surface area contributed by atoms with Gasteiger partial charge in [0.2, 0.25) is 0 Å². The topological polar surface area (TPSA) is 113 Å². The predicted octanol–water partition coefficient (Wildman–Crippen LogP) is 4.76. The van der Waals surface area contributed by atoms with E-state index in [9.17, 15) is 19.5 Å². The molecule has 1 aliphatic rings. The number of carbonyl (C=O) groups is 3. The van der Waals surface area contributed by atoms with Crippen LogP contribution in [0.15, 0.2) is 77.8 Å². The number of rotatable bonds is 8. The molecule has 2 N–H and O–H groups in total. The Morgan fingerprint density at radius 1 is 0.824 bits per heavy atom. The third-order valence-electron chi connectivity index (χ3n) is 5.76. The first-order chi connectivity index (χ1) is 16.4. The van der Waals surface area contributed by atoms with Crippen molar-refractivity contribution in [2.75, 3.05) is 6.61 Å². The van der Waals surface area contributed by atoms with Crippen LogP contribution in [-0.2, 0) is 20.7 Å². The maximum absolute atomic E-state index is 12.6. The summed E-state index contributed by atoms with van der Waals surface area (Å²) in [4.78, 5) is 40.0. The average molecular weight is 457 g/mol. The minimum absolute atomic E-state index is 0.0168. The zero-order chi connectivity index (χ0) is 24.1. The number of ketones is 1. The number of hydrogen-bond donors (Lipinski definition) is 2. The van der Waals surface area contributed by atoms with Crippen molar-refractivity contribution < 1.29 is 29.3 Å². The number of hydrogen-bond acceptors (Lipinski definition) is 5. The Bertz CT molecular complexity index is 1220. The number of carboxylic acid groups (broad SMARTS) is 1. The van der Waals surface area contributed by atoms with Gasteiger partial charge in [-0.2, -0.15) is 4.99 Å². The fourth-order valence-corrected chi connectivity index (χ4v) is 4.11. The number of aliphatic carboxylic acids is 1. The third-order valence-corrected chi connectivity index (χ3v) is 5.76. The molecule has 1 aliphatic carbocycles. The van der Waals surface area contributed by atoms with Gasteiger partial charge in [-0.05, 0) is 39.9 Å². The molecule has 7 heteroatoms. The molecule has 0 fully saturated rings. The second kappa shape index (κ2) is 10.1. The lowest BCUT2D eigenvalue weighted by Crippen LogP contribution is -2.21. The number of amides is 1. The Morgan fingerprint density at radius 3 is 2.00 bits per heavy atom. The first-order valence-electron chi connectivity index (χ1n) is 10.9. The fourth-order valence-electron chi connectivity index (χ4n) is 4.11. The lowest BCUT2D eigenvalue weighted by Gasteiger charge is -2.13. The van der Waals surface area contributed by atoms with E-state index in [-0.39, 0.29) is 43.2 Å². The molecule has 0 aliphatic heterocycles. The van der Waals surface area contributed by atoms with Crippen LogP contribution >= 0.6 is 0 Å². The number of phenols is 1. The predicted molar refractivity (Wildman–Crippen MR) is 126 cm³/mol. The summed E-state index contributed by atoms with van der Waals surface area (Å²) in [5.41, 5.74) is 4.87. The van der Waals surface area contributed by atoms with Gasteiger partial charge in [-0.15, -0.1) is 0 Å². The Kier molecular flexibility index (Phi) is 6.82. The highest BCUT2D eigenvalue weighted by molar-refractivity contribution is 6.41. The number of aromatic hydroxyl groups is 1. The number of benzene rings is 3. The van der Waals surface area contributed by atoms with Crippen LogP contribution in [0.3, 0.4) is 0 Å². The van der Waals surface area contributed by atoms with E-state index in [2.05, 4.69) is 4.99 Å². The van der Waals surface area contributed by atoms with E-state index in [4.69, 9.17) is 9.84 Å². The molecular weight excluding hydrogens is 434 g/mol. The van der Waals surface area contributed by atoms with Crippen LogP contribution in [0.1, 0.15) is 35.4 Å². The standard InChI is InChI=1S/C27H23NO6/c29-18-11-9-17(10-12-18)15-24(25(30)13-14-26(31)32)28-27(33)34-16-23-21-7-3-1-5-19(21)20-6-2-4-8-22(20)23/h1-12,23,29H,13-16H2,(H,31,32). The van der Waals surface area contributed by atoms with Crippen LogP contribution in [-0.4, -0.2) is 40.4 Å². The van der Waals surface area contributed by atoms with E-state index in [0.717, 1.165) is 22.3 Å². The van der Waals surface area contributed by atoms with Crippen molar-refractivity contribution >= 4 is 23.6 Å². The number of aliphatic imine (C=N–C) groups is 1. The maximum atomic E-state index is 12.6. The Labute approximate surface area is 196 Å². The van der Waals surface area contributed by atoms with Crippen molar-refractivity contribution in [3.63, 3.8) is 0 Å². The quantitative estimate of drug-likeness (QED) is 0.472. The summed E-state index contributed by atoms with van der Waals surface area (Å²) in [6, 6.07) is 22.0. The van der Waals surface area contributed by atoms with Crippen LogP contribution in [0, 0.1) is 0 Å². The summed E-state index contributed by atoms with van der Waals surface area (Å²) < 4.78 is 5.47. The van der Waals surface area contributed by atoms with E-state index in [1.54, 1.807) is 12.1 Å². The molecule has 1 amide bonds. The second-order valence-electron chi connectivity index (χ2n) is 8.02. The molecule has 0 unspecified atom stereocenters. The minimum atomic E-state index is -1.11. The highest BCUT2D eigenvalue weighted by Crippen LogP contribution is 2.44. The molecule has 0 saturated carbocycles. The molecule has 0 radical (unpaired) electrons. The van der Waals surface area contributed by atoms with Gasteiger partial charge in [0.15, 0.2) is 5.78 Å². The molecular formula is C27H23NO6. The van der Waals surface area contributed by atoms with Crippen LogP contribution in [0.5, 0.6) is 5.75 Å². The molecule has 172 valence electrons. The molecule has 3 aromatic rings. The Balaban J connectivity index is 1.51. The van der Waals surface area contributed by atoms with E-state index in [0.29, 0.717) is 5.56 Å². The molecule has 4 rings (SSSR count). The van der Waals surface area contributed by atoms with Crippen LogP contribution in [0.25, 0.3) is 11.1 Å². The summed E-state index contributed by atoms with van der Waals surface area (Å²) in [7, 11) is 0. The lowest BCUT2D eigenvalue weighted by molar-refractivity contribution is -0.138. The van der Waals surface area contributed by atoms with E-state index >= 15 is 0 Å². The number of ether oxygens (including phenoxy) is 1. The van der Waals surface area contributed by atoms with Gasteiger partial charge in [0, 0.05) is 18.8 Å². The van der Waals surface area contributed by atoms with E-state index in [1.807, 2.05) is 48.5 Å². The van der Waals surface area contributed by atoms with Crippen LogP contribution in [0.2, 0.25) is 0 Å². The number of phenolic OH excluding ortho intramolecular Hbond substituents is 1. The third kappa shape index (κ3) is 5.20. The van der Waals surface area contributed by atoms with Crippen LogP contribution < -0.4 is 0 Å². The molecule has 0 bridgehead atoms. The molecule has 3 aromatic carbocycles. The number of nitrogens with zero attached hydrogens (tertiary/aromatic N) is 1. The summed E-state index contributed by atoms with van der Waals surface area (Å²) in [6.45, 7) is 0.0617. The fraction of sp³-hybridized carbons (Fsp3) is 0.185. The molecule has 34 heavy (non-hydrogen) atoms. The van der Waals surface area contributed by atoms with Gasteiger partial charge in [0.05, 0.1) is 12.1 Å². The number of fused-ring (bicyclic) bond motifs is 3. The van der Waals surface area contributed by atoms with E-state index < -0.39 is 17.8 Å². The van der Waals surface area contributed by atoms with Gasteiger partial charge in [0.25, 0.3) is 0 Å². The van der Waals surface area contributed by atoms with Gasteiger partial charge in [0.1, 0.15) is 12.4 Å². The smallest absolute Gasteiger partial charge is 0.433 e. The highest BCUT2D eigenvalue weighted by atomic mass is 16.5. The normalized spacial score (nSPS) is 12.6. The summed E-state index contributed by atoms with van der Waals surface area (Å²) in [5, 5.41) is 18.4. The summed E-state index contributed by atoms with van der Waals surface area (Å²) >= 11 is 0. The molecule has 0 spiro atoms. The monoisotopic (exact) mass is 457 g/mol. The molecule has 0 aromatic heterocycles. The van der Waals surface area contributed by atoms with Crippen molar-refractivity contribution in [2.24, 2.45) is 4.99 Å². The molecule has 7 nitrogen and oxygen atoms in total. The van der Waals surface area contributed by atoms with E-state index in [1.165, 1.54) is 12.1 Å². The van der Waals surface area contributed by atoms with Crippen molar-refractivity contribution in [1.82, 2.24) is 0 Å². The number of carboxylic acids is 1. The van der Waals surface area contributed by atoms with Crippen molar-refractivity contribution in [3.8, 4) is 16.9 Å². The minimum Gasteiger partial charge on any atom is -0.508 e. The molecule has 0 heterocycles. The van der Waals surface area contributed by atoms with Gasteiger partial charge < -0.3 is 14.9 Å². The van der Waals surface area contributed by atoms with Gasteiger partial charge in [-0.3, -0.25) is 9.59 Å². The zero-order valence-corrected chi connectivity index (χ0v) is 18.3. The number of carbonyl (C=O) groups excluding carboxylic acids is 2. The largest absolute Gasteiger partial charge is 0.508 e. The average Bonchev–Trinajstić information content (AvgIpc) is 3.16. The SMILES string of the molecule is O=C(O)CCC(=O)C(Cc1ccc(O)cc1)=NC(=O)OCC1c2ccccc2-c2ccccc21. The lowest BCUT2D eigenvalue weighted by atomic mass is 9.98. The van der Waals surface area contributed by atoms with Crippen LogP contribution in [0.4, 0.5) is 4.79 Å². The van der Waals surface area contributed by atoms with Crippen molar-refractivity contribution in [1.29, 1.82) is 0 Å². The summed E-state index contributed by atoms with van der Waals surface area (Å²) in [6.07, 6.45) is -1.52. The zero-order valence-electron chi connectivity index (χ0n) is 18.3. The summed E-state index contributed by atoms with van der Waals surface area (Å²) in [5.74, 6) is -1.73. The Morgan fingerprint density at radius 2 is 1.41 bits per heavy atom. The highest BCUT2D eigenvalue weighted by Gasteiger charge is 2.29. The van der Waals surface area contributed by atoms with Gasteiger partial charge in [-0.1, -0.05) is 60.7 Å². The first-order valence-corrected chi connectivity index (χ1v) is 10.9. The van der Waals surface area contributed by atoms with Gasteiger partial charge >= 0.3 is 12.1 Å². The maximum Gasteiger partial charge on any atom is 0.433 e. The van der Waals surface area contributed by atoms with Crippen molar-refractivity contribution in [2.45, 2.75) is 25.2 Å². The first kappa shape index (κ1) is 22.9. The molecule has 0 saturated heterocycles. The number of Topliss-reactive ketones (excluding diaryl/α,β-unsaturated/α-hetero) is 1. The molecule has 0 atom stereocenters. The second-order valence-corrected chi connectivity index (χ2v) is 8.02. The van der Waals surface area contributed by atoms with Crippen molar-refractivity contribution in [3.05, 3.63) is 89.5 Å². The van der Waals surface area contributed by atoms with Gasteiger partial charge in [-0.25, -0.2) is 4.79 Å². The Hall–Kier alpha value is -4.26.